The van der Waals surface area contributed by atoms with Crippen LogP contribution in [-0.4, -0.2) is 87.0 Å². The van der Waals surface area contributed by atoms with Gasteiger partial charge in [0.05, 0.1) is 0 Å². The van der Waals surface area contributed by atoms with Crippen molar-refractivity contribution >= 4 is 31.3 Å². The van der Waals surface area contributed by atoms with Crippen molar-refractivity contribution in [2.24, 2.45) is 0 Å². The van der Waals surface area contributed by atoms with Crippen molar-refractivity contribution in [2.45, 2.75) is 55.4 Å². The number of ether oxygens (including phenoxy) is 1. The van der Waals surface area contributed by atoms with E-state index in [0.717, 1.165) is 0 Å². The molecule has 0 aromatic heterocycles. The van der Waals surface area contributed by atoms with Crippen molar-refractivity contribution in [3.63, 3.8) is 0 Å². The summed E-state index contributed by atoms with van der Waals surface area (Å²) in [6.45, 7) is -0.219. The van der Waals surface area contributed by atoms with Crippen LogP contribution in [0, 0.1) is 0 Å². The smallest absolute Gasteiger partial charge is 0.384 e. The molecule has 0 radical (unpaired) electrons. The van der Waals surface area contributed by atoms with Gasteiger partial charge in [-0.25, -0.2) is 18.3 Å². The second kappa shape index (κ2) is 9.78. The van der Waals surface area contributed by atoms with Gasteiger partial charge in [-0.15, -0.1) is 0 Å². The summed E-state index contributed by atoms with van der Waals surface area (Å²) < 4.78 is 69.1. The number of aliphatic hydroxyl groups is 1. The lowest BCUT2D eigenvalue weighted by Crippen LogP contribution is -2.72. The third kappa shape index (κ3) is 7.95. The summed E-state index contributed by atoms with van der Waals surface area (Å²) in [6.07, 6.45) is -12.3. The lowest BCUT2D eigenvalue weighted by Gasteiger charge is -2.52. The monoisotopic (exact) mass is 554 g/mol. The maximum absolute atomic E-state index is 11.5. The number of hydrogen-bond donors (Lipinski definition) is 9. The second-order valence-electron chi connectivity index (χ2n) is 6.94. The molecule has 0 bridgehead atoms. The Hall–Kier alpha value is 0.360. The first kappa shape index (κ1) is 28.6. The van der Waals surface area contributed by atoms with Gasteiger partial charge in [-0.1, -0.05) is 0 Å². The first-order chi connectivity index (χ1) is 14.2. The molecule has 32 heavy (non-hydrogen) atoms. The van der Waals surface area contributed by atoms with Crippen LogP contribution in [0.25, 0.3) is 0 Å². The topological polar surface area (TPSA) is 296 Å². The maximum atomic E-state index is 11.5. The van der Waals surface area contributed by atoms with Crippen LogP contribution in [0.2, 0.25) is 0 Å². The average molecular weight is 554 g/mol. The van der Waals surface area contributed by atoms with E-state index in [4.69, 9.17) is 4.74 Å². The average Bonchev–Trinajstić information content (AvgIpc) is 2.72. The van der Waals surface area contributed by atoms with Gasteiger partial charge in [-0.2, -0.15) is 0 Å². The maximum Gasteiger partial charge on any atom is 0.470 e. The van der Waals surface area contributed by atoms with Gasteiger partial charge in [0, 0.05) is 6.61 Å². The SMILES string of the molecule is O=P(O)(O)O[C@@H]1[C@@H](OP(=O)(O)O)[C@@H]2OCCCC[C@@]2(O)[C@H](OP(=O)(O)O)[C@H]1OP(=O)(O)O. The second-order valence-corrected chi connectivity index (χ2v) is 11.7. The highest BCUT2D eigenvalue weighted by molar-refractivity contribution is 7.47. The van der Waals surface area contributed by atoms with Gasteiger partial charge >= 0.3 is 31.3 Å². The third-order valence-corrected chi connectivity index (χ3v) is 6.58. The number of hydrogen-bond acceptors (Lipinski definition) is 10. The van der Waals surface area contributed by atoms with Gasteiger partial charge < -0.3 is 49.0 Å². The molecule has 2 rings (SSSR count). The molecule has 0 spiro atoms. The van der Waals surface area contributed by atoms with E-state index in [2.05, 4.69) is 18.1 Å². The zero-order valence-corrected chi connectivity index (χ0v) is 19.3. The molecule has 1 saturated heterocycles. The Balaban J connectivity index is 2.75. The lowest BCUT2D eigenvalue weighted by molar-refractivity contribution is -0.262. The summed E-state index contributed by atoms with van der Waals surface area (Å²) in [4.78, 5) is 74.0. The molecule has 2 aliphatic rings. The largest absolute Gasteiger partial charge is 0.470 e. The highest BCUT2D eigenvalue weighted by atomic mass is 31.2. The lowest BCUT2D eigenvalue weighted by atomic mass is 9.72. The van der Waals surface area contributed by atoms with Gasteiger partial charge in [0.15, 0.2) is 0 Å². The molecule has 18 nitrogen and oxygen atoms in total. The Morgan fingerprint density at radius 1 is 0.656 bits per heavy atom. The zero-order chi connectivity index (χ0) is 24.8. The van der Waals surface area contributed by atoms with Crippen molar-refractivity contribution in [1.82, 2.24) is 0 Å². The molecular weight excluding hydrogens is 532 g/mol. The predicted molar refractivity (Wildman–Crippen MR) is 96.2 cm³/mol. The minimum absolute atomic E-state index is 0.0588. The quantitative estimate of drug-likeness (QED) is 0.150. The minimum atomic E-state index is -5.67. The molecule has 1 saturated carbocycles. The fourth-order valence-corrected chi connectivity index (χ4v) is 5.88. The van der Waals surface area contributed by atoms with E-state index in [1.807, 2.05) is 0 Å². The normalized spacial score (nSPS) is 35.2. The molecule has 0 aromatic carbocycles. The van der Waals surface area contributed by atoms with E-state index in [-0.39, 0.29) is 19.4 Å². The first-order valence-corrected chi connectivity index (χ1v) is 14.6. The zero-order valence-electron chi connectivity index (χ0n) is 15.7. The summed E-state index contributed by atoms with van der Waals surface area (Å²) >= 11 is 0. The van der Waals surface area contributed by atoms with E-state index in [0.29, 0.717) is 0 Å². The van der Waals surface area contributed by atoms with Gasteiger partial charge in [0.1, 0.15) is 36.1 Å². The van der Waals surface area contributed by atoms with Crippen molar-refractivity contribution in [1.29, 1.82) is 0 Å². The fraction of sp³-hybridized carbons (Fsp3) is 1.00. The fourth-order valence-electron chi connectivity index (χ4n) is 3.63. The Bertz CT molecular complexity index is 854. The molecule has 190 valence electrons. The van der Waals surface area contributed by atoms with Crippen LogP contribution in [-0.2, 0) is 41.1 Å². The highest BCUT2D eigenvalue weighted by Gasteiger charge is 2.66. The number of fused-ring (bicyclic) bond motifs is 1. The van der Waals surface area contributed by atoms with Crippen LogP contribution < -0.4 is 0 Å². The van der Waals surface area contributed by atoms with Crippen molar-refractivity contribution < 1.29 is 85.3 Å². The molecule has 1 aliphatic heterocycles. The summed E-state index contributed by atoms with van der Waals surface area (Å²) in [5, 5.41) is 11.2. The molecule has 22 heteroatoms. The molecule has 1 heterocycles. The van der Waals surface area contributed by atoms with Crippen molar-refractivity contribution in [3.05, 3.63) is 0 Å². The standard InChI is InChI=1S/C10H22O18P4/c11-10-3-1-2-4-24-8(10)6(26-30(15,16)17)5(25-29(12,13)14)7(27-31(18,19)20)9(10)28-32(21,22)23/h5-9,11H,1-4H2,(H2,12,13,14)(H2,15,16,17)(H2,18,19,20)(H2,21,22,23)/t5-,6-,7+,8+,9-,10+/m1/s1. The third-order valence-electron chi connectivity index (χ3n) is 4.53. The Kier molecular flexibility index (Phi) is 8.74. The summed E-state index contributed by atoms with van der Waals surface area (Å²) in [6, 6.07) is 0. The van der Waals surface area contributed by atoms with Crippen LogP contribution in [0.5, 0.6) is 0 Å². The Labute approximate surface area is 179 Å². The minimum Gasteiger partial charge on any atom is -0.384 e. The highest BCUT2D eigenvalue weighted by Crippen LogP contribution is 2.56. The van der Waals surface area contributed by atoms with Gasteiger partial charge in [0.25, 0.3) is 0 Å². The molecule has 0 unspecified atom stereocenters. The van der Waals surface area contributed by atoms with E-state index in [1.54, 1.807) is 0 Å². The van der Waals surface area contributed by atoms with E-state index in [1.165, 1.54) is 0 Å². The summed E-state index contributed by atoms with van der Waals surface area (Å²) in [7, 11) is -22.5. The summed E-state index contributed by atoms with van der Waals surface area (Å²) in [5.74, 6) is 0. The first-order valence-electron chi connectivity index (χ1n) is 8.52. The van der Waals surface area contributed by atoms with Gasteiger partial charge in [0.2, 0.25) is 0 Å². The van der Waals surface area contributed by atoms with E-state index >= 15 is 0 Å². The number of phosphoric ester groups is 4. The molecule has 2 fully saturated rings. The van der Waals surface area contributed by atoms with Crippen LogP contribution in [0.15, 0.2) is 0 Å². The van der Waals surface area contributed by atoms with Gasteiger partial charge in [-0.3, -0.25) is 18.1 Å². The number of phosphoric acid groups is 4. The predicted octanol–water partition coefficient (Wildman–Crippen LogP) is -1.79. The molecule has 1 aliphatic carbocycles. The van der Waals surface area contributed by atoms with Crippen LogP contribution in [0.3, 0.4) is 0 Å². The van der Waals surface area contributed by atoms with Crippen LogP contribution in [0.4, 0.5) is 0 Å². The summed E-state index contributed by atoms with van der Waals surface area (Å²) in [5.41, 5.74) is -2.69. The molecule has 6 atom stereocenters. The van der Waals surface area contributed by atoms with Crippen molar-refractivity contribution in [3.8, 4) is 0 Å². The van der Waals surface area contributed by atoms with Crippen molar-refractivity contribution in [2.75, 3.05) is 6.61 Å². The van der Waals surface area contributed by atoms with Crippen LogP contribution in [0.1, 0.15) is 19.3 Å². The van der Waals surface area contributed by atoms with Crippen LogP contribution >= 0.6 is 31.3 Å². The molecular formula is C10H22O18P4. The Morgan fingerprint density at radius 2 is 1.09 bits per heavy atom. The molecule has 0 aromatic rings. The number of rotatable bonds is 8. The van der Waals surface area contributed by atoms with E-state index < -0.39 is 73.8 Å². The Morgan fingerprint density at radius 3 is 1.56 bits per heavy atom. The van der Waals surface area contributed by atoms with E-state index in [9.17, 15) is 62.5 Å². The molecule has 0 amide bonds. The van der Waals surface area contributed by atoms with Gasteiger partial charge in [-0.05, 0) is 19.3 Å². The molecule has 9 N–H and O–H groups in total.